The first kappa shape index (κ1) is 19.4. The maximum absolute atomic E-state index is 12.8. The van der Waals surface area contributed by atoms with Crippen molar-refractivity contribution in [1.29, 1.82) is 5.26 Å². The molecule has 4 nitrogen and oxygen atoms in total. The average molecular weight is 388 g/mol. The number of rotatable bonds is 7. The Morgan fingerprint density at radius 2 is 1.96 bits per heavy atom. The van der Waals surface area contributed by atoms with Crippen LogP contribution in [0.2, 0.25) is 0 Å². The minimum absolute atomic E-state index is 0.0434. The number of nitrogens with zero attached hydrogens (tertiary/aromatic N) is 2. The minimum atomic E-state index is -0.181. The van der Waals surface area contributed by atoms with Crippen LogP contribution >= 0.6 is 11.3 Å². The number of hydrogen-bond acceptors (Lipinski definition) is 4. The van der Waals surface area contributed by atoms with Crippen molar-refractivity contribution >= 4 is 28.9 Å². The Morgan fingerprint density at radius 1 is 1.14 bits per heavy atom. The summed E-state index contributed by atoms with van der Waals surface area (Å²) >= 11 is 1.50. The van der Waals surface area contributed by atoms with Gasteiger partial charge in [-0.15, -0.1) is 11.3 Å². The molecule has 0 aliphatic rings. The van der Waals surface area contributed by atoms with Crippen molar-refractivity contribution in [3.63, 3.8) is 0 Å². The van der Waals surface area contributed by atoms with Crippen molar-refractivity contribution in [1.82, 2.24) is 4.90 Å². The molecular formula is C23H20N2O2S. The molecule has 3 rings (SSSR count). The predicted octanol–water partition coefficient (Wildman–Crippen LogP) is 4.85. The smallest absolute Gasteiger partial charge is 0.255 e. The number of thiophene rings is 1. The van der Waals surface area contributed by atoms with Crippen LogP contribution in [0.1, 0.15) is 16.0 Å². The van der Waals surface area contributed by atoms with Gasteiger partial charge in [-0.05, 0) is 40.8 Å². The van der Waals surface area contributed by atoms with E-state index in [1.807, 2.05) is 84.3 Å². The van der Waals surface area contributed by atoms with Crippen LogP contribution in [0.5, 0.6) is 5.75 Å². The molecule has 1 heterocycles. The number of hydrogen-bond donors (Lipinski definition) is 0. The van der Waals surface area contributed by atoms with Crippen LogP contribution in [-0.2, 0) is 11.4 Å². The summed E-state index contributed by atoms with van der Waals surface area (Å²) in [7, 11) is 1.63. The monoisotopic (exact) mass is 388 g/mol. The fourth-order valence-corrected chi connectivity index (χ4v) is 3.39. The third kappa shape index (κ3) is 5.09. The number of carbonyl (C=O) groups is 1. The standard InChI is InChI=1S/C23H20N2O2S/c1-25(13-12-24)23(26)21(22-11-6-14-28-22)16-19-9-5-10-20(15-19)27-17-18-7-3-2-4-8-18/h2-11,14-16H,13,17H2,1H3/b21-16+. The van der Waals surface area contributed by atoms with E-state index in [-0.39, 0.29) is 12.5 Å². The molecule has 0 aliphatic carbocycles. The molecule has 2 aromatic carbocycles. The van der Waals surface area contributed by atoms with E-state index in [0.717, 1.165) is 21.8 Å². The number of nitriles is 1. The molecule has 0 fully saturated rings. The van der Waals surface area contributed by atoms with E-state index < -0.39 is 0 Å². The Balaban J connectivity index is 1.84. The van der Waals surface area contributed by atoms with Gasteiger partial charge in [-0.3, -0.25) is 4.79 Å². The molecule has 0 saturated heterocycles. The van der Waals surface area contributed by atoms with Gasteiger partial charge in [0.15, 0.2) is 0 Å². The summed E-state index contributed by atoms with van der Waals surface area (Å²) in [5.41, 5.74) is 2.52. The van der Waals surface area contributed by atoms with E-state index in [9.17, 15) is 4.79 Å². The molecule has 0 aliphatic heterocycles. The van der Waals surface area contributed by atoms with Crippen LogP contribution in [0.4, 0.5) is 0 Å². The molecule has 0 bridgehead atoms. The number of ether oxygens (including phenoxy) is 1. The predicted molar refractivity (Wildman–Crippen MR) is 113 cm³/mol. The van der Waals surface area contributed by atoms with Crippen molar-refractivity contribution in [2.75, 3.05) is 13.6 Å². The summed E-state index contributed by atoms with van der Waals surface area (Å²) in [5, 5.41) is 10.8. The lowest BCUT2D eigenvalue weighted by Crippen LogP contribution is -2.27. The Labute approximate surface area is 168 Å². The van der Waals surface area contributed by atoms with Crippen molar-refractivity contribution in [2.45, 2.75) is 6.61 Å². The van der Waals surface area contributed by atoms with Gasteiger partial charge in [0.2, 0.25) is 0 Å². The second kappa shape index (κ2) is 9.54. The summed E-state index contributed by atoms with van der Waals surface area (Å²) in [6, 6.07) is 23.4. The molecule has 0 saturated carbocycles. The molecular weight excluding hydrogens is 368 g/mol. The lowest BCUT2D eigenvalue weighted by Gasteiger charge is -2.15. The highest BCUT2D eigenvalue weighted by Crippen LogP contribution is 2.26. The van der Waals surface area contributed by atoms with E-state index in [0.29, 0.717) is 12.2 Å². The molecule has 1 aromatic heterocycles. The van der Waals surface area contributed by atoms with E-state index >= 15 is 0 Å². The molecule has 1 amide bonds. The molecule has 0 N–H and O–H groups in total. The van der Waals surface area contributed by atoms with E-state index in [4.69, 9.17) is 10.00 Å². The van der Waals surface area contributed by atoms with Gasteiger partial charge in [0.25, 0.3) is 5.91 Å². The second-order valence-electron chi connectivity index (χ2n) is 6.20. The molecule has 28 heavy (non-hydrogen) atoms. The van der Waals surface area contributed by atoms with E-state index in [2.05, 4.69) is 0 Å². The topological polar surface area (TPSA) is 53.3 Å². The normalized spacial score (nSPS) is 10.9. The zero-order valence-corrected chi connectivity index (χ0v) is 16.4. The Hall–Kier alpha value is -3.36. The maximum atomic E-state index is 12.8. The van der Waals surface area contributed by atoms with Gasteiger partial charge in [0.05, 0.1) is 11.6 Å². The summed E-state index contributed by atoms with van der Waals surface area (Å²) in [4.78, 5) is 15.1. The van der Waals surface area contributed by atoms with Gasteiger partial charge >= 0.3 is 0 Å². The number of likely N-dealkylation sites (N-methyl/N-ethyl adjacent to an activating group) is 1. The summed E-state index contributed by atoms with van der Waals surface area (Å²) < 4.78 is 5.89. The van der Waals surface area contributed by atoms with Crippen LogP contribution in [0, 0.1) is 11.3 Å². The molecule has 140 valence electrons. The van der Waals surface area contributed by atoms with Crippen LogP contribution in [0.25, 0.3) is 11.6 Å². The van der Waals surface area contributed by atoms with Crippen LogP contribution in [-0.4, -0.2) is 24.4 Å². The Morgan fingerprint density at radius 3 is 2.68 bits per heavy atom. The zero-order valence-electron chi connectivity index (χ0n) is 15.5. The maximum Gasteiger partial charge on any atom is 0.255 e. The van der Waals surface area contributed by atoms with E-state index in [1.165, 1.54) is 16.2 Å². The molecule has 5 heteroatoms. The Bertz CT molecular complexity index is 989. The van der Waals surface area contributed by atoms with Gasteiger partial charge in [-0.25, -0.2) is 0 Å². The summed E-state index contributed by atoms with van der Waals surface area (Å²) in [6.45, 7) is 0.525. The molecule has 3 aromatic rings. The first-order valence-electron chi connectivity index (χ1n) is 8.82. The first-order valence-corrected chi connectivity index (χ1v) is 9.70. The fourth-order valence-electron chi connectivity index (χ4n) is 2.66. The highest BCUT2D eigenvalue weighted by Gasteiger charge is 2.17. The van der Waals surface area contributed by atoms with Crippen molar-refractivity contribution < 1.29 is 9.53 Å². The highest BCUT2D eigenvalue weighted by atomic mass is 32.1. The quantitative estimate of drug-likeness (QED) is 0.429. The Kier molecular flexibility index (Phi) is 6.61. The van der Waals surface area contributed by atoms with Gasteiger partial charge in [0, 0.05) is 11.9 Å². The first-order chi connectivity index (χ1) is 13.7. The van der Waals surface area contributed by atoms with Crippen LogP contribution in [0.15, 0.2) is 72.1 Å². The minimum Gasteiger partial charge on any atom is -0.489 e. The zero-order chi connectivity index (χ0) is 19.8. The lowest BCUT2D eigenvalue weighted by molar-refractivity contribution is -0.123. The number of carbonyl (C=O) groups excluding carboxylic acids is 1. The number of amides is 1. The lowest BCUT2D eigenvalue weighted by atomic mass is 10.1. The largest absolute Gasteiger partial charge is 0.489 e. The summed E-state index contributed by atoms with van der Waals surface area (Å²) in [5.74, 6) is 0.556. The molecule has 0 spiro atoms. The van der Waals surface area contributed by atoms with Crippen molar-refractivity contribution in [3.05, 3.63) is 88.1 Å². The third-order valence-corrected chi connectivity index (χ3v) is 4.99. The van der Waals surface area contributed by atoms with Gasteiger partial charge in [-0.1, -0.05) is 48.5 Å². The molecule has 0 atom stereocenters. The SMILES string of the molecule is CN(CC#N)C(=O)/C(=C/c1cccc(OCc2ccccc2)c1)c1cccs1. The average Bonchev–Trinajstić information content (AvgIpc) is 3.26. The highest BCUT2D eigenvalue weighted by molar-refractivity contribution is 7.11. The van der Waals surface area contributed by atoms with Gasteiger partial charge in [0.1, 0.15) is 18.9 Å². The van der Waals surface area contributed by atoms with Gasteiger partial charge in [-0.2, -0.15) is 5.26 Å². The van der Waals surface area contributed by atoms with Crippen LogP contribution in [0.3, 0.4) is 0 Å². The third-order valence-electron chi connectivity index (χ3n) is 4.09. The van der Waals surface area contributed by atoms with Crippen molar-refractivity contribution in [2.24, 2.45) is 0 Å². The molecule has 0 unspecified atom stereocenters. The van der Waals surface area contributed by atoms with Crippen molar-refractivity contribution in [3.8, 4) is 11.8 Å². The molecule has 0 radical (unpaired) electrons. The number of benzene rings is 2. The second-order valence-corrected chi connectivity index (χ2v) is 7.15. The fraction of sp³-hybridized carbons (Fsp3) is 0.130. The van der Waals surface area contributed by atoms with Crippen LogP contribution < -0.4 is 4.74 Å². The van der Waals surface area contributed by atoms with E-state index in [1.54, 1.807) is 7.05 Å². The summed E-state index contributed by atoms with van der Waals surface area (Å²) in [6.07, 6.45) is 1.84. The van der Waals surface area contributed by atoms with Gasteiger partial charge < -0.3 is 9.64 Å².